The third-order valence-electron chi connectivity index (χ3n) is 6.21. The van der Waals surface area contributed by atoms with Gasteiger partial charge in [0, 0.05) is 36.9 Å². The van der Waals surface area contributed by atoms with E-state index in [9.17, 15) is 9.59 Å². The summed E-state index contributed by atoms with van der Waals surface area (Å²) in [4.78, 5) is 38.1. The standard InChI is InChI=1S/C28H23N7O2/c1-17(32-26-22(30-2)16-31-28(29)33-26)23-14-19-8-7-11-21(18-12-13-34(3)24(36)15-18)25(19)27(37)35(23)20-9-5-4-6-10-20/h4-17H,1,3H3,(H3,29,31,32,33)/t17-/m0/s1. The summed E-state index contributed by atoms with van der Waals surface area (Å²) in [6.07, 6.45) is 3.06. The van der Waals surface area contributed by atoms with Crippen LogP contribution in [0.15, 0.2) is 88.7 Å². The largest absolute Gasteiger partial charge is 0.371 e. The maximum atomic E-state index is 14.2. The number of nitrogen functional groups attached to an aromatic ring is 1. The fourth-order valence-corrected chi connectivity index (χ4v) is 4.36. The minimum atomic E-state index is -0.431. The van der Waals surface area contributed by atoms with Gasteiger partial charge in [0.1, 0.15) is 5.82 Å². The predicted octanol–water partition coefficient (Wildman–Crippen LogP) is 4.45. The molecular formula is C28H23N7O2. The molecule has 0 saturated carbocycles. The molecule has 9 nitrogen and oxygen atoms in total. The van der Waals surface area contributed by atoms with Gasteiger partial charge < -0.3 is 15.6 Å². The summed E-state index contributed by atoms with van der Waals surface area (Å²) in [6, 6.07) is 19.8. The molecule has 0 bridgehead atoms. The first-order valence-electron chi connectivity index (χ1n) is 11.5. The van der Waals surface area contributed by atoms with Gasteiger partial charge in [0.25, 0.3) is 11.1 Å². The number of rotatable bonds is 5. The molecule has 5 aromatic rings. The lowest BCUT2D eigenvalue weighted by Crippen LogP contribution is -2.26. The van der Waals surface area contributed by atoms with Crippen molar-refractivity contribution in [3.63, 3.8) is 0 Å². The van der Waals surface area contributed by atoms with Crippen molar-refractivity contribution in [2.24, 2.45) is 7.05 Å². The van der Waals surface area contributed by atoms with Crippen molar-refractivity contribution in [3.05, 3.63) is 117 Å². The molecule has 182 valence electrons. The van der Waals surface area contributed by atoms with Crippen molar-refractivity contribution in [2.75, 3.05) is 11.1 Å². The summed E-state index contributed by atoms with van der Waals surface area (Å²) in [7, 11) is 1.68. The number of aromatic nitrogens is 4. The molecule has 0 amide bonds. The Morgan fingerprint density at radius 3 is 2.57 bits per heavy atom. The van der Waals surface area contributed by atoms with Crippen molar-refractivity contribution in [1.82, 2.24) is 19.1 Å². The summed E-state index contributed by atoms with van der Waals surface area (Å²) in [5.74, 6) is 0.329. The van der Waals surface area contributed by atoms with E-state index < -0.39 is 6.04 Å². The van der Waals surface area contributed by atoms with Crippen LogP contribution in [0.5, 0.6) is 0 Å². The van der Waals surface area contributed by atoms with E-state index in [1.165, 1.54) is 16.8 Å². The second kappa shape index (κ2) is 9.43. The zero-order valence-corrected chi connectivity index (χ0v) is 20.2. The van der Waals surface area contributed by atoms with Crippen molar-refractivity contribution in [2.45, 2.75) is 13.0 Å². The van der Waals surface area contributed by atoms with Gasteiger partial charge in [0.2, 0.25) is 11.6 Å². The Hall–Kier alpha value is -5.23. The van der Waals surface area contributed by atoms with Gasteiger partial charge in [-0.15, -0.1) is 0 Å². The Morgan fingerprint density at radius 1 is 1.05 bits per heavy atom. The molecule has 1 atom stereocenters. The van der Waals surface area contributed by atoms with Gasteiger partial charge in [0.05, 0.1) is 18.0 Å². The minimum absolute atomic E-state index is 0.0414. The molecule has 0 saturated heterocycles. The number of pyridine rings is 2. The first-order valence-corrected chi connectivity index (χ1v) is 11.5. The van der Waals surface area contributed by atoms with Crippen LogP contribution in [0.2, 0.25) is 0 Å². The van der Waals surface area contributed by atoms with Gasteiger partial charge in [-0.25, -0.2) is 14.8 Å². The maximum absolute atomic E-state index is 14.2. The molecule has 0 unspecified atom stereocenters. The minimum Gasteiger partial charge on any atom is -0.371 e. The summed E-state index contributed by atoms with van der Waals surface area (Å²) in [5, 5.41) is 4.46. The number of para-hydroxylation sites is 1. The number of hydrogen-bond acceptors (Lipinski definition) is 6. The number of hydrogen-bond donors (Lipinski definition) is 2. The van der Waals surface area contributed by atoms with E-state index in [0.717, 1.165) is 5.39 Å². The zero-order chi connectivity index (χ0) is 26.1. The highest BCUT2D eigenvalue weighted by atomic mass is 16.1. The number of anilines is 2. The fourth-order valence-electron chi connectivity index (χ4n) is 4.36. The van der Waals surface area contributed by atoms with Crippen LogP contribution in [0, 0.1) is 6.57 Å². The predicted molar refractivity (Wildman–Crippen MR) is 145 cm³/mol. The molecule has 3 N–H and O–H groups in total. The topological polar surface area (TPSA) is 112 Å². The molecule has 9 heteroatoms. The van der Waals surface area contributed by atoms with Crippen LogP contribution in [0.3, 0.4) is 0 Å². The fraction of sp³-hybridized carbons (Fsp3) is 0.107. The highest BCUT2D eigenvalue weighted by Crippen LogP contribution is 2.31. The smallest absolute Gasteiger partial charge is 0.263 e. The van der Waals surface area contributed by atoms with Gasteiger partial charge in [-0.3, -0.25) is 14.2 Å². The van der Waals surface area contributed by atoms with Crippen LogP contribution in [-0.4, -0.2) is 19.1 Å². The van der Waals surface area contributed by atoms with Crippen LogP contribution in [0.4, 0.5) is 17.5 Å². The Bertz CT molecular complexity index is 1800. The molecule has 3 aromatic heterocycles. The van der Waals surface area contributed by atoms with Crippen LogP contribution in [0.1, 0.15) is 18.7 Å². The molecule has 0 radical (unpaired) electrons. The van der Waals surface area contributed by atoms with Crippen LogP contribution in [0.25, 0.3) is 32.4 Å². The van der Waals surface area contributed by atoms with Gasteiger partial charge in [-0.1, -0.05) is 36.4 Å². The number of aryl methyl sites for hydroxylation is 1. The molecule has 37 heavy (non-hydrogen) atoms. The molecule has 0 aliphatic rings. The van der Waals surface area contributed by atoms with E-state index in [1.54, 1.807) is 17.8 Å². The van der Waals surface area contributed by atoms with E-state index in [1.807, 2.05) is 67.6 Å². The van der Waals surface area contributed by atoms with E-state index >= 15 is 0 Å². The normalized spacial score (nSPS) is 11.7. The van der Waals surface area contributed by atoms with Crippen molar-refractivity contribution >= 4 is 28.2 Å². The Kier molecular flexibility index (Phi) is 5.99. The quantitative estimate of drug-likeness (QED) is 0.353. The van der Waals surface area contributed by atoms with Gasteiger partial charge in [0.15, 0.2) is 0 Å². The number of nitrogens with zero attached hydrogens (tertiary/aromatic N) is 5. The average molecular weight is 490 g/mol. The third kappa shape index (κ3) is 4.32. The van der Waals surface area contributed by atoms with Gasteiger partial charge in [-0.2, -0.15) is 0 Å². The van der Waals surface area contributed by atoms with Crippen LogP contribution >= 0.6 is 0 Å². The first-order chi connectivity index (χ1) is 17.9. The number of nitrogens with one attached hydrogen (secondary N) is 1. The molecule has 0 spiro atoms. The Balaban J connectivity index is 1.76. The van der Waals surface area contributed by atoms with Gasteiger partial charge in [-0.05, 0) is 47.7 Å². The van der Waals surface area contributed by atoms with Crippen molar-refractivity contribution in [3.8, 4) is 16.8 Å². The van der Waals surface area contributed by atoms with Gasteiger partial charge >= 0.3 is 0 Å². The summed E-state index contributed by atoms with van der Waals surface area (Å²) < 4.78 is 3.13. The number of nitrogens with two attached hydrogens (primary N) is 1. The first kappa shape index (κ1) is 23.5. The van der Waals surface area contributed by atoms with Crippen LogP contribution in [-0.2, 0) is 7.05 Å². The highest BCUT2D eigenvalue weighted by molar-refractivity contribution is 5.96. The molecule has 0 fully saturated rings. The summed E-state index contributed by atoms with van der Waals surface area (Å²) in [5.41, 5.74) is 8.30. The SMILES string of the molecule is [C-]#[N+]c1cnc(N)nc1N[C@@H](C)c1cc2cccc(-c3ccn(C)c(=O)c3)c2c(=O)n1-c1ccccc1. The summed E-state index contributed by atoms with van der Waals surface area (Å²) >= 11 is 0. The third-order valence-corrected chi connectivity index (χ3v) is 6.21. The van der Waals surface area contributed by atoms with E-state index in [0.29, 0.717) is 27.9 Å². The maximum Gasteiger partial charge on any atom is 0.263 e. The monoisotopic (exact) mass is 489 g/mol. The molecule has 0 aliphatic carbocycles. The van der Waals surface area contributed by atoms with E-state index in [-0.39, 0.29) is 28.6 Å². The zero-order valence-electron chi connectivity index (χ0n) is 20.2. The molecular weight excluding hydrogens is 466 g/mol. The average Bonchev–Trinajstić information content (AvgIpc) is 2.90. The molecule has 0 aliphatic heterocycles. The van der Waals surface area contributed by atoms with Crippen molar-refractivity contribution < 1.29 is 0 Å². The Morgan fingerprint density at radius 2 is 1.84 bits per heavy atom. The van der Waals surface area contributed by atoms with Crippen molar-refractivity contribution in [1.29, 1.82) is 0 Å². The lowest BCUT2D eigenvalue weighted by atomic mass is 9.98. The second-order valence-electron chi connectivity index (χ2n) is 8.62. The number of fused-ring (bicyclic) bond motifs is 1. The lowest BCUT2D eigenvalue weighted by Gasteiger charge is -2.22. The van der Waals surface area contributed by atoms with E-state index in [2.05, 4.69) is 20.1 Å². The van der Waals surface area contributed by atoms with E-state index in [4.69, 9.17) is 12.3 Å². The molecule has 5 rings (SSSR count). The lowest BCUT2D eigenvalue weighted by molar-refractivity contribution is 0.774. The number of benzene rings is 2. The Labute approximate surface area is 212 Å². The second-order valence-corrected chi connectivity index (χ2v) is 8.62. The van der Waals surface area contributed by atoms with Crippen LogP contribution < -0.4 is 22.2 Å². The summed E-state index contributed by atoms with van der Waals surface area (Å²) in [6.45, 7) is 9.33. The highest BCUT2D eigenvalue weighted by Gasteiger charge is 2.20. The molecule has 2 aromatic carbocycles. The molecule has 3 heterocycles.